The number of unbranched alkanes of at least 4 members (excludes halogenated alkanes) is 38. The Hall–Kier alpha value is -2.64. The highest BCUT2D eigenvalue weighted by Crippen LogP contribution is 2.23. The van der Waals surface area contributed by atoms with Gasteiger partial charge in [-0.05, 0) is 96.3 Å². The van der Waals surface area contributed by atoms with Crippen LogP contribution in [0.2, 0.25) is 0 Å². The molecule has 6 N–H and O–H groups in total. The number of aliphatic hydroxyl groups is 5. The van der Waals surface area contributed by atoms with E-state index in [2.05, 4.69) is 67.8 Å². The van der Waals surface area contributed by atoms with E-state index in [0.717, 1.165) is 64.2 Å². The smallest absolute Gasteiger partial charge is 0.305 e. The van der Waals surface area contributed by atoms with Gasteiger partial charge in [-0.1, -0.05) is 267 Å². The van der Waals surface area contributed by atoms with Crippen molar-refractivity contribution >= 4 is 11.9 Å². The summed E-state index contributed by atoms with van der Waals surface area (Å²) >= 11 is 0. The summed E-state index contributed by atoms with van der Waals surface area (Å²) in [5.41, 5.74) is 0. The summed E-state index contributed by atoms with van der Waals surface area (Å²) in [7, 11) is 0. The molecule has 7 atom stereocenters. The molecule has 1 aliphatic heterocycles. The minimum absolute atomic E-state index is 0.00547. The maximum absolute atomic E-state index is 13.0. The molecule has 0 aromatic rings. The Balaban J connectivity index is 1.92. The fourth-order valence-corrected chi connectivity index (χ4v) is 10.6. The lowest BCUT2D eigenvalue weighted by Crippen LogP contribution is -2.60. The molecule has 1 saturated heterocycles. The second-order valence-electron chi connectivity index (χ2n) is 23.9. The SMILES string of the molecule is CCC/C=C\C/C=C\CCCCCCCC(=O)OCCCCCCCCCCCCCC/C=C\CCCCCCCCCCCCCCCCCCC(=O)NC(COC1OC(CO)C(O)C(O)C1O)C(O)/C=C/CC/C=C/CCCCC. The van der Waals surface area contributed by atoms with Crippen LogP contribution in [0.25, 0.3) is 0 Å². The van der Waals surface area contributed by atoms with E-state index in [0.29, 0.717) is 19.4 Å². The van der Waals surface area contributed by atoms with E-state index in [1.165, 1.54) is 225 Å². The van der Waals surface area contributed by atoms with Crippen LogP contribution >= 0.6 is 0 Å². The zero-order valence-corrected chi connectivity index (χ0v) is 52.9. The predicted octanol–water partition coefficient (Wildman–Crippen LogP) is 17.3. The zero-order valence-electron chi connectivity index (χ0n) is 52.9. The molecule has 1 fully saturated rings. The molecule has 11 heteroatoms. The average Bonchev–Trinajstić information content (AvgIpc) is 3.63. The van der Waals surface area contributed by atoms with Gasteiger partial charge in [0.1, 0.15) is 24.4 Å². The quantitative estimate of drug-likeness (QED) is 0.0195. The molecule has 1 heterocycles. The van der Waals surface area contributed by atoms with Crippen LogP contribution < -0.4 is 5.32 Å². The molecule has 0 aromatic carbocycles. The number of hydrogen-bond donors (Lipinski definition) is 6. The largest absolute Gasteiger partial charge is 0.466 e. The van der Waals surface area contributed by atoms with Crippen LogP contribution in [0.4, 0.5) is 0 Å². The first-order valence-corrected chi connectivity index (χ1v) is 34.6. The van der Waals surface area contributed by atoms with Crippen LogP contribution in [0, 0.1) is 0 Å². The standard InChI is InChI=1S/C71H129NO10/c1-3-5-7-9-11-13-14-35-39-43-47-51-55-59-67(76)80-60-56-52-48-44-40-37-34-32-30-28-26-24-22-20-18-16-15-17-19-21-23-25-27-29-31-33-36-38-42-46-50-54-58-66(75)72-63(64(74)57-53-49-45-41-12-10-8-6-4-2)62-81-71-70(79)69(78)68(77)65(61-73)82-71/h7,9,12-14,18,20,41,53,57,63-65,68-71,73-74,77-79H,3-6,8,10-11,15-17,19,21-40,42-52,54-56,58-62H2,1-2H3,(H,72,75)/b9-7-,14-13-,20-18-,41-12+,57-53+. The molecule has 0 spiro atoms. The molecule has 0 saturated carbocycles. The van der Waals surface area contributed by atoms with Crippen molar-refractivity contribution in [2.24, 2.45) is 0 Å². The Morgan fingerprint density at radius 3 is 1.33 bits per heavy atom. The summed E-state index contributed by atoms with van der Waals surface area (Å²) < 4.78 is 16.7. The van der Waals surface area contributed by atoms with Gasteiger partial charge in [-0.15, -0.1) is 0 Å². The molecule has 7 unspecified atom stereocenters. The van der Waals surface area contributed by atoms with Crippen molar-refractivity contribution in [1.82, 2.24) is 5.32 Å². The van der Waals surface area contributed by atoms with Crippen molar-refractivity contribution in [3.63, 3.8) is 0 Å². The Morgan fingerprint density at radius 2 is 0.854 bits per heavy atom. The Morgan fingerprint density at radius 1 is 0.451 bits per heavy atom. The number of aliphatic hydroxyl groups excluding tert-OH is 5. The van der Waals surface area contributed by atoms with Gasteiger partial charge >= 0.3 is 5.97 Å². The van der Waals surface area contributed by atoms with Crippen LogP contribution in [-0.2, 0) is 23.8 Å². The number of nitrogens with one attached hydrogen (secondary N) is 1. The number of allylic oxidation sites excluding steroid dienone is 9. The van der Waals surface area contributed by atoms with Crippen molar-refractivity contribution in [3.05, 3.63) is 60.8 Å². The predicted molar refractivity (Wildman–Crippen MR) is 343 cm³/mol. The van der Waals surface area contributed by atoms with Crippen LogP contribution in [0.15, 0.2) is 60.8 Å². The number of amides is 1. The van der Waals surface area contributed by atoms with Crippen molar-refractivity contribution < 1.29 is 49.3 Å². The first-order chi connectivity index (χ1) is 40.2. The molecular weight excluding hydrogens is 1030 g/mol. The van der Waals surface area contributed by atoms with Gasteiger partial charge in [0.2, 0.25) is 5.91 Å². The highest BCUT2D eigenvalue weighted by molar-refractivity contribution is 5.76. The molecular formula is C71H129NO10. The van der Waals surface area contributed by atoms with Crippen molar-refractivity contribution in [2.45, 2.75) is 358 Å². The maximum Gasteiger partial charge on any atom is 0.305 e. The normalized spacial score (nSPS) is 18.5. The highest BCUT2D eigenvalue weighted by atomic mass is 16.7. The van der Waals surface area contributed by atoms with Gasteiger partial charge < -0.3 is 45.1 Å². The zero-order chi connectivity index (χ0) is 59.5. The first-order valence-electron chi connectivity index (χ1n) is 34.6. The van der Waals surface area contributed by atoms with Crippen molar-refractivity contribution in [3.8, 4) is 0 Å². The Bertz CT molecular complexity index is 1550. The van der Waals surface area contributed by atoms with E-state index in [1.807, 2.05) is 6.08 Å². The van der Waals surface area contributed by atoms with Crippen molar-refractivity contribution in [2.75, 3.05) is 19.8 Å². The third kappa shape index (κ3) is 48.6. The number of carbonyl (C=O) groups excluding carboxylic acids is 2. The second-order valence-corrected chi connectivity index (χ2v) is 23.9. The average molecular weight is 1160 g/mol. The number of hydrogen-bond acceptors (Lipinski definition) is 10. The van der Waals surface area contributed by atoms with Gasteiger partial charge in [0.25, 0.3) is 0 Å². The van der Waals surface area contributed by atoms with Gasteiger partial charge in [0.15, 0.2) is 6.29 Å². The first kappa shape index (κ1) is 77.4. The molecule has 0 radical (unpaired) electrons. The van der Waals surface area contributed by atoms with E-state index in [9.17, 15) is 35.1 Å². The summed E-state index contributed by atoms with van der Waals surface area (Å²) in [5, 5.41) is 54.2. The van der Waals surface area contributed by atoms with Crippen LogP contribution in [-0.4, -0.2) is 100 Å². The third-order valence-electron chi connectivity index (χ3n) is 16.1. The van der Waals surface area contributed by atoms with Crippen LogP contribution in [0.3, 0.4) is 0 Å². The summed E-state index contributed by atoms with van der Waals surface area (Å²) in [5.74, 6) is -0.197. The minimum atomic E-state index is -1.57. The second kappa shape index (κ2) is 60.1. The van der Waals surface area contributed by atoms with E-state index in [1.54, 1.807) is 6.08 Å². The van der Waals surface area contributed by atoms with Gasteiger partial charge in [-0.2, -0.15) is 0 Å². The van der Waals surface area contributed by atoms with Gasteiger partial charge in [-0.25, -0.2) is 0 Å². The number of carbonyl (C=O) groups is 2. The third-order valence-corrected chi connectivity index (χ3v) is 16.1. The van der Waals surface area contributed by atoms with E-state index in [4.69, 9.17) is 14.2 Å². The maximum atomic E-state index is 13.0. The number of ether oxygens (including phenoxy) is 3. The summed E-state index contributed by atoms with van der Waals surface area (Å²) in [6.45, 7) is 4.22. The molecule has 1 amide bonds. The molecule has 0 aliphatic carbocycles. The lowest BCUT2D eigenvalue weighted by molar-refractivity contribution is -0.302. The topological polar surface area (TPSA) is 175 Å². The monoisotopic (exact) mass is 1160 g/mol. The van der Waals surface area contributed by atoms with Crippen LogP contribution in [0.1, 0.15) is 316 Å². The Labute approximate surface area is 503 Å². The lowest BCUT2D eigenvalue weighted by atomic mass is 9.99. The molecule has 11 nitrogen and oxygen atoms in total. The van der Waals surface area contributed by atoms with Gasteiger partial charge in [0, 0.05) is 12.8 Å². The summed E-state index contributed by atoms with van der Waals surface area (Å²) in [6, 6.07) is -0.825. The summed E-state index contributed by atoms with van der Waals surface area (Å²) in [6.07, 6.45) is 69.5. The van der Waals surface area contributed by atoms with Gasteiger partial charge in [-0.3, -0.25) is 9.59 Å². The van der Waals surface area contributed by atoms with E-state index >= 15 is 0 Å². The molecule has 1 aliphatic rings. The number of rotatable bonds is 60. The number of esters is 1. The van der Waals surface area contributed by atoms with Crippen molar-refractivity contribution in [1.29, 1.82) is 0 Å². The van der Waals surface area contributed by atoms with E-state index in [-0.39, 0.29) is 18.5 Å². The molecule has 1 rings (SSSR count). The molecule has 0 bridgehead atoms. The van der Waals surface area contributed by atoms with Crippen LogP contribution in [0.5, 0.6) is 0 Å². The highest BCUT2D eigenvalue weighted by Gasteiger charge is 2.44. The molecule has 478 valence electrons. The lowest BCUT2D eigenvalue weighted by Gasteiger charge is -2.40. The molecule has 82 heavy (non-hydrogen) atoms. The van der Waals surface area contributed by atoms with Gasteiger partial charge in [0.05, 0.1) is 32.0 Å². The summed E-state index contributed by atoms with van der Waals surface area (Å²) in [4.78, 5) is 25.0. The fraction of sp³-hybridized carbons (Fsp3) is 0.831. The Kier molecular flexibility index (Phi) is 56.7. The fourth-order valence-electron chi connectivity index (χ4n) is 10.6. The molecule has 0 aromatic heterocycles. The minimum Gasteiger partial charge on any atom is -0.466 e. The van der Waals surface area contributed by atoms with E-state index < -0.39 is 49.5 Å².